The van der Waals surface area contributed by atoms with Gasteiger partial charge in [0.15, 0.2) is 10.3 Å². The summed E-state index contributed by atoms with van der Waals surface area (Å²) in [5.74, 6) is -0.185. The summed E-state index contributed by atoms with van der Waals surface area (Å²) in [7, 11) is 0. The zero-order valence-electron chi connectivity index (χ0n) is 20.1. The number of benzene rings is 2. The van der Waals surface area contributed by atoms with Crippen molar-refractivity contribution in [3.05, 3.63) is 82.1 Å². The van der Waals surface area contributed by atoms with Gasteiger partial charge in [-0.05, 0) is 61.4 Å². The van der Waals surface area contributed by atoms with E-state index in [9.17, 15) is 9.59 Å². The van der Waals surface area contributed by atoms with Crippen molar-refractivity contribution in [1.82, 2.24) is 20.4 Å². The highest BCUT2D eigenvalue weighted by molar-refractivity contribution is 6.30. The highest BCUT2D eigenvalue weighted by atomic mass is 35.5. The molecule has 0 unspecified atom stereocenters. The van der Waals surface area contributed by atoms with Crippen molar-refractivity contribution in [3.8, 4) is 22.5 Å². The van der Waals surface area contributed by atoms with Gasteiger partial charge in [0.1, 0.15) is 0 Å². The van der Waals surface area contributed by atoms with Crippen molar-refractivity contribution in [2.24, 2.45) is 0 Å². The third-order valence-electron chi connectivity index (χ3n) is 4.86. The SMILES string of the molecule is C.CC(=O)Nc1ccc(-c2cc(C)c(Cl)nn2)cc1.CC(=O)Nc1ccc(-c2nnc(Cl)cc2C)cc1. The zero-order chi connectivity index (χ0) is 26.2. The van der Waals surface area contributed by atoms with E-state index in [-0.39, 0.29) is 19.2 Å². The number of nitrogens with zero attached hydrogens (tertiary/aromatic N) is 4. The molecule has 37 heavy (non-hydrogen) atoms. The minimum absolute atomic E-state index is 0. The molecule has 0 aliphatic carbocycles. The van der Waals surface area contributed by atoms with E-state index in [4.69, 9.17) is 23.2 Å². The molecule has 2 aromatic carbocycles. The number of amides is 2. The van der Waals surface area contributed by atoms with Gasteiger partial charge < -0.3 is 10.6 Å². The molecule has 0 radical (unpaired) electrons. The summed E-state index contributed by atoms with van der Waals surface area (Å²) in [5, 5.41) is 22.0. The molecular weight excluding hydrogens is 511 g/mol. The number of hydrogen-bond acceptors (Lipinski definition) is 6. The first-order valence-electron chi connectivity index (χ1n) is 10.9. The molecule has 2 amide bonds. The minimum Gasteiger partial charge on any atom is -0.326 e. The van der Waals surface area contributed by atoms with Gasteiger partial charge >= 0.3 is 0 Å². The fourth-order valence-corrected chi connectivity index (χ4v) is 3.49. The average molecular weight is 539 g/mol. The monoisotopic (exact) mass is 538 g/mol. The summed E-state index contributed by atoms with van der Waals surface area (Å²) >= 11 is 11.6. The second-order valence-corrected chi connectivity index (χ2v) is 8.66. The van der Waals surface area contributed by atoms with Gasteiger partial charge in [0.25, 0.3) is 0 Å². The Morgan fingerprint density at radius 1 is 0.676 bits per heavy atom. The van der Waals surface area contributed by atoms with Crippen molar-refractivity contribution in [2.45, 2.75) is 35.1 Å². The van der Waals surface area contributed by atoms with E-state index in [1.807, 2.05) is 68.4 Å². The minimum atomic E-state index is -0.0927. The van der Waals surface area contributed by atoms with Gasteiger partial charge in [0.05, 0.1) is 11.4 Å². The van der Waals surface area contributed by atoms with Crippen LogP contribution in [0, 0.1) is 13.8 Å². The Morgan fingerprint density at radius 2 is 1.19 bits per heavy atom. The molecule has 0 spiro atoms. The van der Waals surface area contributed by atoms with Crippen LogP contribution in [0.2, 0.25) is 10.3 Å². The average Bonchev–Trinajstić information content (AvgIpc) is 2.82. The maximum Gasteiger partial charge on any atom is 0.221 e. The molecule has 0 aliphatic rings. The summed E-state index contributed by atoms with van der Waals surface area (Å²) in [4.78, 5) is 21.8. The Labute approximate surface area is 226 Å². The number of aryl methyl sites for hydroxylation is 2. The normalized spacial score (nSPS) is 9.89. The number of halogens is 2. The number of rotatable bonds is 4. The van der Waals surface area contributed by atoms with Gasteiger partial charge in [-0.3, -0.25) is 9.59 Å². The van der Waals surface area contributed by atoms with E-state index in [2.05, 4.69) is 31.0 Å². The number of anilines is 2. The molecule has 0 saturated heterocycles. The van der Waals surface area contributed by atoms with Crippen LogP contribution in [0.25, 0.3) is 22.5 Å². The van der Waals surface area contributed by atoms with E-state index >= 15 is 0 Å². The van der Waals surface area contributed by atoms with Crippen molar-refractivity contribution in [2.75, 3.05) is 10.6 Å². The predicted octanol–water partition coefficient (Wildman–Crippen LogP) is 6.76. The van der Waals surface area contributed by atoms with E-state index in [0.29, 0.717) is 10.3 Å². The summed E-state index contributed by atoms with van der Waals surface area (Å²) in [6.45, 7) is 6.76. The topological polar surface area (TPSA) is 110 Å². The Kier molecular flexibility index (Phi) is 10.7. The van der Waals surface area contributed by atoms with Gasteiger partial charge in [-0.15, -0.1) is 20.4 Å². The molecule has 4 aromatic rings. The first kappa shape index (κ1) is 29.4. The number of carbonyl (C=O) groups is 2. The van der Waals surface area contributed by atoms with Crippen molar-refractivity contribution >= 4 is 46.4 Å². The quantitative estimate of drug-likeness (QED) is 0.296. The Morgan fingerprint density at radius 3 is 1.65 bits per heavy atom. The lowest BCUT2D eigenvalue weighted by molar-refractivity contribution is -0.115. The fourth-order valence-electron chi connectivity index (χ4n) is 3.19. The van der Waals surface area contributed by atoms with Gasteiger partial charge in [-0.25, -0.2) is 0 Å². The van der Waals surface area contributed by atoms with E-state index < -0.39 is 0 Å². The molecule has 0 atom stereocenters. The largest absolute Gasteiger partial charge is 0.326 e. The lowest BCUT2D eigenvalue weighted by atomic mass is 10.1. The van der Waals surface area contributed by atoms with Crippen LogP contribution in [0.3, 0.4) is 0 Å². The van der Waals surface area contributed by atoms with E-state index in [1.165, 1.54) is 13.8 Å². The number of nitrogens with one attached hydrogen (secondary N) is 2. The summed E-state index contributed by atoms with van der Waals surface area (Å²) in [6, 6.07) is 18.5. The summed E-state index contributed by atoms with van der Waals surface area (Å²) in [5.41, 5.74) is 6.76. The molecule has 8 nitrogen and oxygen atoms in total. The predicted molar refractivity (Wildman–Crippen MR) is 150 cm³/mol. The van der Waals surface area contributed by atoms with E-state index in [1.54, 1.807) is 6.07 Å². The maximum absolute atomic E-state index is 10.9. The molecule has 2 N–H and O–H groups in total. The Balaban J connectivity index is 0.000000253. The first-order chi connectivity index (χ1) is 17.1. The maximum atomic E-state index is 10.9. The lowest BCUT2D eigenvalue weighted by Crippen LogP contribution is -2.05. The van der Waals surface area contributed by atoms with Gasteiger partial charge in [-0.2, -0.15) is 0 Å². The zero-order valence-corrected chi connectivity index (χ0v) is 21.6. The Hall–Kier alpha value is -3.88. The van der Waals surface area contributed by atoms with Crippen LogP contribution in [0.15, 0.2) is 60.7 Å². The molecule has 4 rings (SSSR count). The molecule has 0 fully saturated rings. The molecular formula is C27H28Cl2N6O2. The van der Waals surface area contributed by atoms with Gasteiger partial charge in [0, 0.05) is 36.3 Å². The third-order valence-corrected chi connectivity index (χ3v) is 5.42. The second-order valence-electron chi connectivity index (χ2n) is 7.92. The molecule has 10 heteroatoms. The molecule has 2 heterocycles. The lowest BCUT2D eigenvalue weighted by Gasteiger charge is -2.06. The van der Waals surface area contributed by atoms with Gasteiger partial charge in [0.2, 0.25) is 11.8 Å². The van der Waals surface area contributed by atoms with Crippen LogP contribution >= 0.6 is 23.2 Å². The molecule has 0 saturated carbocycles. The van der Waals surface area contributed by atoms with Crippen LogP contribution in [-0.4, -0.2) is 32.2 Å². The van der Waals surface area contributed by atoms with Crippen LogP contribution < -0.4 is 10.6 Å². The third kappa shape index (κ3) is 8.63. The molecule has 192 valence electrons. The smallest absolute Gasteiger partial charge is 0.221 e. The molecule has 0 aliphatic heterocycles. The second kappa shape index (κ2) is 13.4. The molecule has 0 bridgehead atoms. The number of carbonyl (C=O) groups excluding carboxylic acids is 2. The van der Waals surface area contributed by atoms with Crippen LogP contribution in [-0.2, 0) is 9.59 Å². The number of hydrogen-bond donors (Lipinski definition) is 2. The van der Waals surface area contributed by atoms with E-state index in [0.717, 1.165) is 45.0 Å². The highest BCUT2D eigenvalue weighted by Gasteiger charge is 2.06. The number of aromatic nitrogens is 4. The summed E-state index contributed by atoms with van der Waals surface area (Å²) < 4.78 is 0. The first-order valence-corrected chi connectivity index (χ1v) is 11.6. The molecule has 2 aromatic heterocycles. The summed E-state index contributed by atoms with van der Waals surface area (Å²) in [6.07, 6.45) is 0. The Bertz CT molecular complexity index is 1380. The van der Waals surface area contributed by atoms with Crippen molar-refractivity contribution in [1.29, 1.82) is 0 Å². The van der Waals surface area contributed by atoms with Gasteiger partial charge in [-0.1, -0.05) is 54.9 Å². The highest BCUT2D eigenvalue weighted by Crippen LogP contribution is 2.24. The van der Waals surface area contributed by atoms with Crippen molar-refractivity contribution in [3.63, 3.8) is 0 Å². The van der Waals surface area contributed by atoms with Crippen LogP contribution in [0.4, 0.5) is 11.4 Å². The van der Waals surface area contributed by atoms with Crippen LogP contribution in [0.1, 0.15) is 32.4 Å². The van der Waals surface area contributed by atoms with Crippen LogP contribution in [0.5, 0.6) is 0 Å². The van der Waals surface area contributed by atoms with Crippen molar-refractivity contribution < 1.29 is 9.59 Å². The standard InChI is InChI=1S/2C13H12ClN3O.CH4/c1-8-7-12(14)16-17-13(8)10-3-5-11(6-4-10)15-9(2)18;1-8-7-12(16-17-13(8)14)10-3-5-11(6-4-10)15-9(2)18;/h2*3-7H,1-2H3,(H,15,18);1H4. The fraction of sp³-hybridized carbons (Fsp3) is 0.185.